The van der Waals surface area contributed by atoms with E-state index in [4.69, 9.17) is 5.11 Å². The number of hydrogen-bond donors (Lipinski definition) is 2. The molecule has 1 aliphatic rings. The maximum absolute atomic E-state index is 13.6. The van der Waals surface area contributed by atoms with E-state index in [0.717, 1.165) is 6.07 Å². The molecule has 1 fully saturated rings. The van der Waals surface area contributed by atoms with Crippen molar-refractivity contribution in [2.45, 2.75) is 12.5 Å². The molecule has 2 rings (SSSR count). The van der Waals surface area contributed by atoms with Gasteiger partial charge in [-0.3, -0.25) is 4.79 Å². The van der Waals surface area contributed by atoms with Gasteiger partial charge in [-0.15, -0.1) is 0 Å². The third-order valence-electron chi connectivity index (χ3n) is 2.99. The minimum atomic E-state index is -1.56. The van der Waals surface area contributed by atoms with E-state index in [9.17, 15) is 18.0 Å². The van der Waals surface area contributed by atoms with Crippen LogP contribution < -0.4 is 5.32 Å². The van der Waals surface area contributed by atoms with Gasteiger partial charge in [0.25, 0.3) is 0 Å². The van der Waals surface area contributed by atoms with E-state index >= 15 is 0 Å². The van der Waals surface area contributed by atoms with Crippen LogP contribution in [0.3, 0.4) is 0 Å². The van der Waals surface area contributed by atoms with Gasteiger partial charge in [0.15, 0.2) is 17.5 Å². The first-order valence-electron chi connectivity index (χ1n) is 5.21. The number of hydrogen-bond acceptors (Lipinski definition) is 2. The molecule has 0 aliphatic carbocycles. The first-order valence-corrected chi connectivity index (χ1v) is 6.00. The molecular weight excluding hydrogens is 315 g/mol. The predicted octanol–water partition coefficient (Wildman–Crippen LogP) is 2.60. The van der Waals surface area contributed by atoms with Gasteiger partial charge < -0.3 is 10.4 Å². The first kappa shape index (κ1) is 13.4. The molecule has 2 unspecified atom stereocenters. The Morgan fingerprint density at radius 1 is 1.33 bits per heavy atom. The normalized spacial score (nSPS) is 23.3. The van der Waals surface area contributed by atoms with Crippen LogP contribution in [0.4, 0.5) is 13.2 Å². The quantitative estimate of drug-likeness (QED) is 0.649. The van der Waals surface area contributed by atoms with Crippen molar-refractivity contribution in [3.63, 3.8) is 0 Å². The lowest BCUT2D eigenvalue weighted by Gasteiger charge is -2.13. The average molecular weight is 324 g/mol. The van der Waals surface area contributed by atoms with Gasteiger partial charge in [0.1, 0.15) is 0 Å². The molecule has 1 aliphatic heterocycles. The molecule has 0 amide bonds. The van der Waals surface area contributed by atoms with Gasteiger partial charge >= 0.3 is 5.97 Å². The zero-order valence-corrected chi connectivity index (χ0v) is 10.6. The minimum absolute atomic E-state index is 0.0653. The van der Waals surface area contributed by atoms with Crippen LogP contribution >= 0.6 is 15.9 Å². The molecule has 1 aromatic carbocycles. The molecule has 0 radical (unpaired) electrons. The number of carbonyl (C=O) groups is 1. The summed E-state index contributed by atoms with van der Waals surface area (Å²) in [6, 6.07) is 0.507. The molecular formula is C11H9BrF3NO2. The number of nitrogens with one attached hydrogen (secondary N) is 1. The number of rotatable bonds is 2. The van der Waals surface area contributed by atoms with Crippen LogP contribution in [0.1, 0.15) is 18.0 Å². The largest absolute Gasteiger partial charge is 0.481 e. The van der Waals surface area contributed by atoms with Crippen LogP contribution in [-0.4, -0.2) is 17.6 Å². The van der Waals surface area contributed by atoms with Gasteiger partial charge in [-0.25, -0.2) is 13.2 Å². The van der Waals surface area contributed by atoms with Gasteiger partial charge in [0.05, 0.1) is 10.4 Å². The Bertz CT molecular complexity index is 510. The van der Waals surface area contributed by atoms with Crippen LogP contribution in [-0.2, 0) is 4.79 Å². The van der Waals surface area contributed by atoms with Gasteiger partial charge in [0.2, 0.25) is 0 Å². The van der Waals surface area contributed by atoms with E-state index < -0.39 is 35.4 Å². The van der Waals surface area contributed by atoms with Crippen molar-refractivity contribution in [3.8, 4) is 0 Å². The van der Waals surface area contributed by atoms with E-state index in [1.165, 1.54) is 0 Å². The Morgan fingerprint density at radius 3 is 2.56 bits per heavy atom. The summed E-state index contributed by atoms with van der Waals surface area (Å²) in [4.78, 5) is 10.8. The Labute approximate surface area is 109 Å². The van der Waals surface area contributed by atoms with Gasteiger partial charge in [-0.05, 0) is 28.4 Å². The fourth-order valence-corrected chi connectivity index (χ4v) is 2.43. The zero-order valence-electron chi connectivity index (χ0n) is 9.01. The molecule has 2 N–H and O–H groups in total. The molecule has 18 heavy (non-hydrogen) atoms. The number of halogens is 4. The molecule has 0 saturated carbocycles. The minimum Gasteiger partial charge on any atom is -0.481 e. The van der Waals surface area contributed by atoms with E-state index in [1.54, 1.807) is 0 Å². The molecule has 98 valence electrons. The lowest BCUT2D eigenvalue weighted by Crippen LogP contribution is -2.18. The number of benzene rings is 1. The highest BCUT2D eigenvalue weighted by Crippen LogP contribution is 2.33. The topological polar surface area (TPSA) is 49.3 Å². The lowest BCUT2D eigenvalue weighted by molar-refractivity contribution is -0.141. The third-order valence-corrected chi connectivity index (χ3v) is 3.56. The van der Waals surface area contributed by atoms with Crippen LogP contribution in [0.2, 0.25) is 0 Å². The molecule has 1 saturated heterocycles. The van der Waals surface area contributed by atoms with Crippen molar-refractivity contribution in [3.05, 3.63) is 33.6 Å². The molecule has 1 aromatic rings. The summed E-state index contributed by atoms with van der Waals surface area (Å²) in [5, 5.41) is 11.6. The molecule has 7 heteroatoms. The van der Waals surface area contributed by atoms with E-state index in [2.05, 4.69) is 21.2 Å². The third kappa shape index (κ3) is 2.24. The SMILES string of the molecule is O=C(O)C1CNC(c2cc(Br)c(F)c(F)c2F)C1. The van der Waals surface area contributed by atoms with Gasteiger partial charge in [-0.2, -0.15) is 0 Å². The molecule has 1 heterocycles. The summed E-state index contributed by atoms with van der Waals surface area (Å²) < 4.78 is 39.7. The summed E-state index contributed by atoms with van der Waals surface area (Å²) in [6.07, 6.45) is 0.143. The summed E-state index contributed by atoms with van der Waals surface area (Å²) in [6.45, 7) is 0.177. The van der Waals surface area contributed by atoms with E-state index in [0.29, 0.717) is 0 Å². The highest BCUT2D eigenvalue weighted by Gasteiger charge is 2.33. The van der Waals surface area contributed by atoms with Crippen LogP contribution in [0.5, 0.6) is 0 Å². The maximum Gasteiger partial charge on any atom is 0.307 e. The number of carboxylic acid groups (broad SMARTS) is 1. The number of aliphatic carboxylic acids is 1. The number of carboxylic acids is 1. The Morgan fingerprint density at radius 2 is 2.00 bits per heavy atom. The second-order valence-electron chi connectivity index (χ2n) is 4.12. The highest BCUT2D eigenvalue weighted by molar-refractivity contribution is 9.10. The monoisotopic (exact) mass is 323 g/mol. The summed E-state index contributed by atoms with van der Waals surface area (Å²) in [5.41, 5.74) is -0.0653. The molecule has 2 atom stereocenters. The van der Waals surface area contributed by atoms with Crippen molar-refractivity contribution < 1.29 is 23.1 Å². The Kier molecular flexibility index (Phi) is 3.63. The summed E-state index contributed by atoms with van der Waals surface area (Å²) >= 11 is 2.80. The molecule has 3 nitrogen and oxygen atoms in total. The first-order chi connectivity index (χ1) is 8.41. The smallest absolute Gasteiger partial charge is 0.307 e. The second-order valence-corrected chi connectivity index (χ2v) is 4.98. The molecule has 0 bridgehead atoms. The molecule has 0 aromatic heterocycles. The van der Waals surface area contributed by atoms with Crippen molar-refractivity contribution in [1.82, 2.24) is 5.32 Å². The van der Waals surface area contributed by atoms with Crippen molar-refractivity contribution in [2.24, 2.45) is 5.92 Å². The Hall–Kier alpha value is -1.08. The Balaban J connectivity index is 2.33. The fourth-order valence-electron chi connectivity index (χ4n) is 2.01. The lowest BCUT2D eigenvalue weighted by atomic mass is 9.99. The summed E-state index contributed by atoms with van der Waals surface area (Å²) in [5.74, 6) is -5.77. The predicted molar refractivity (Wildman–Crippen MR) is 60.5 cm³/mol. The zero-order chi connectivity index (χ0) is 13.4. The molecule has 0 spiro atoms. The average Bonchev–Trinajstić information content (AvgIpc) is 2.80. The standard InChI is InChI=1S/C11H9BrF3NO2/c12-6-2-5(8(13)10(15)9(6)14)7-1-4(3-16-7)11(17)18/h2,4,7,16H,1,3H2,(H,17,18). The maximum atomic E-state index is 13.6. The summed E-state index contributed by atoms with van der Waals surface area (Å²) in [7, 11) is 0. The van der Waals surface area contributed by atoms with Crippen molar-refractivity contribution in [2.75, 3.05) is 6.54 Å². The van der Waals surface area contributed by atoms with Crippen LogP contribution in [0.15, 0.2) is 10.5 Å². The van der Waals surface area contributed by atoms with Gasteiger partial charge in [0, 0.05) is 18.2 Å². The second kappa shape index (κ2) is 4.89. The van der Waals surface area contributed by atoms with E-state index in [1.807, 2.05) is 0 Å². The van der Waals surface area contributed by atoms with Crippen LogP contribution in [0.25, 0.3) is 0 Å². The fraction of sp³-hybridized carbons (Fsp3) is 0.364. The van der Waals surface area contributed by atoms with Crippen molar-refractivity contribution >= 4 is 21.9 Å². The van der Waals surface area contributed by atoms with Crippen molar-refractivity contribution in [1.29, 1.82) is 0 Å². The van der Waals surface area contributed by atoms with E-state index in [-0.39, 0.29) is 23.0 Å². The van der Waals surface area contributed by atoms with Crippen LogP contribution in [0, 0.1) is 23.4 Å². The van der Waals surface area contributed by atoms with Gasteiger partial charge in [-0.1, -0.05) is 0 Å². The highest BCUT2D eigenvalue weighted by atomic mass is 79.9.